The Morgan fingerprint density at radius 1 is 0.327 bits per heavy atom. The van der Waals surface area contributed by atoms with E-state index in [0.29, 0.717) is 71.7 Å². The Hall–Kier alpha value is -13.2. The number of methoxy groups -OCH3 is 7. The average molecular weight is 1500 g/mol. The number of carbonyl (C=O) groups excluding carboxylic acids is 4. The summed E-state index contributed by atoms with van der Waals surface area (Å²) in [5.41, 5.74) is 5.60. The minimum Gasteiger partial charge on any atom is -0.501 e. The predicted octanol–water partition coefficient (Wildman–Crippen LogP) is 15.1. The van der Waals surface area contributed by atoms with Gasteiger partial charge >= 0.3 is 35.1 Å². The molecule has 572 valence electrons. The molecule has 0 unspecified atom stereocenters. The Morgan fingerprint density at radius 3 is 1.17 bits per heavy atom. The Kier molecular flexibility index (Phi) is 31.5. The van der Waals surface area contributed by atoms with Gasteiger partial charge in [0, 0.05) is 37.8 Å². The van der Waals surface area contributed by atoms with Crippen LogP contribution in [0.5, 0.6) is 40.2 Å². The maximum Gasteiger partial charge on any atom is 0.339 e. The van der Waals surface area contributed by atoms with Crippen molar-refractivity contribution < 1.29 is 99.1 Å². The summed E-state index contributed by atoms with van der Waals surface area (Å²) >= 11 is 0. The molecule has 0 bridgehead atoms. The fourth-order valence-corrected chi connectivity index (χ4v) is 11.0. The van der Waals surface area contributed by atoms with Crippen molar-refractivity contribution in [2.75, 3.05) is 63.4 Å². The third-order valence-electron chi connectivity index (χ3n) is 16.7. The highest BCUT2D eigenvalue weighted by Gasteiger charge is 2.25. The van der Waals surface area contributed by atoms with Crippen molar-refractivity contribution in [1.82, 2.24) is 0 Å². The molecule has 23 heteroatoms. The molecule has 110 heavy (non-hydrogen) atoms. The van der Waals surface area contributed by atoms with Gasteiger partial charge in [-0.15, -0.1) is 0 Å². The Balaban J connectivity index is 0.000000152. The zero-order valence-corrected chi connectivity index (χ0v) is 61.9. The van der Waals surface area contributed by atoms with Gasteiger partial charge < -0.3 is 79.9 Å². The molecule has 6 aromatic carbocycles. The van der Waals surface area contributed by atoms with Crippen molar-refractivity contribution >= 4 is 60.3 Å². The summed E-state index contributed by atoms with van der Waals surface area (Å²) in [7, 11) is 10.9. The van der Waals surface area contributed by atoms with Gasteiger partial charge in [0.25, 0.3) is 0 Å². The minimum absolute atomic E-state index is 0.0670. The maximum atomic E-state index is 11.4. The van der Waals surface area contributed by atoms with E-state index in [1.54, 1.807) is 59.8 Å². The second kappa shape index (κ2) is 42.8. The summed E-state index contributed by atoms with van der Waals surface area (Å²) in [5, 5.41) is 0. The van der Waals surface area contributed by atoms with Crippen molar-refractivity contribution in [2.24, 2.45) is 0 Å². The van der Waals surface area contributed by atoms with Gasteiger partial charge in [0.05, 0.1) is 86.2 Å². The van der Waals surface area contributed by atoms with E-state index < -0.39 is 11.3 Å². The van der Waals surface area contributed by atoms with Crippen LogP contribution in [0.2, 0.25) is 0 Å². The molecular formula is C87H86O23. The Bertz CT molecular complexity index is 4720. The molecule has 0 amide bonds. The zero-order valence-electron chi connectivity index (χ0n) is 61.9. The van der Waals surface area contributed by atoms with Crippen LogP contribution in [-0.2, 0) is 69.9 Å². The van der Waals surface area contributed by atoms with E-state index in [2.05, 4.69) is 12.1 Å². The lowest BCUT2D eigenvalue weighted by Crippen LogP contribution is -2.23. The van der Waals surface area contributed by atoms with Crippen LogP contribution in [0.3, 0.4) is 0 Å². The van der Waals surface area contributed by atoms with E-state index in [1.807, 2.05) is 176 Å². The lowest BCUT2D eigenvalue weighted by Gasteiger charge is -2.22. The molecule has 8 heterocycles. The van der Waals surface area contributed by atoms with Crippen LogP contribution in [0.15, 0.2) is 254 Å². The monoisotopic (exact) mass is 1500 g/mol. The number of cyclic esters (lactones) is 4. The zero-order chi connectivity index (χ0) is 77.8. The highest BCUT2D eigenvalue weighted by atomic mass is 16.7. The van der Waals surface area contributed by atoms with Gasteiger partial charge in [0.15, 0.2) is 23.0 Å². The largest absolute Gasteiger partial charge is 0.501 e. The number of hydrogen-bond acceptors (Lipinski definition) is 23. The van der Waals surface area contributed by atoms with Crippen LogP contribution < -0.4 is 44.4 Å². The van der Waals surface area contributed by atoms with Crippen molar-refractivity contribution in [1.29, 1.82) is 0 Å². The molecule has 2 aromatic heterocycles. The van der Waals surface area contributed by atoms with Gasteiger partial charge in [-0.05, 0) is 120 Å². The SMILES string of the molecule is COC1=CC(=O)O[C@@H](/C=C/c2ccc3c(c2)OCO3)C1.COC1=CC(=O)O[C@@H](/C=C/c2ccccc2)C1.COC1=CC(=O)O[C@@H](CCc2ccc3c(c2)OCO3)C1.COC1=CC(=O)O[C@@H](CCc2ccccc2)C1.COc1cc(/C=C/c2ccccc2)oc(=O)c1.COc1ccc(/C=C/c2cc(OC)cc(=O)o2)cc1. The smallest absolute Gasteiger partial charge is 0.339 e. The molecule has 0 radical (unpaired) electrons. The van der Waals surface area contributed by atoms with Crippen LogP contribution in [0, 0.1) is 0 Å². The summed E-state index contributed by atoms with van der Waals surface area (Å²) in [6, 6.07) is 54.9. The first-order chi connectivity index (χ1) is 53.5. The van der Waals surface area contributed by atoms with Crippen LogP contribution >= 0.6 is 0 Å². The summed E-state index contributed by atoms with van der Waals surface area (Å²) in [4.78, 5) is 67.7. The highest BCUT2D eigenvalue weighted by molar-refractivity contribution is 5.85. The van der Waals surface area contributed by atoms with Gasteiger partial charge in [-0.2, -0.15) is 0 Å². The highest BCUT2D eigenvalue weighted by Crippen LogP contribution is 2.35. The number of benzene rings is 6. The van der Waals surface area contributed by atoms with Crippen LogP contribution in [0.1, 0.15) is 83.4 Å². The van der Waals surface area contributed by atoms with Gasteiger partial charge in [-0.3, -0.25) is 0 Å². The Morgan fingerprint density at radius 2 is 0.709 bits per heavy atom. The molecular weight excluding hydrogens is 1410 g/mol. The number of esters is 4. The standard InChI is InChI=1S/C15H16O5.C15H14O5.C15H14O4.C14H16O3.C14H14O3.C14H12O3/c2*1-17-12-7-11(20-15(16)8-12)4-2-10-3-5-13-14(6-10)19-9-18-13;1-17-12-6-3-11(4-7-12)5-8-13-9-14(18-2)10-15(16)19-13;3*1-16-13-9-12(17-14(15)10-13)8-7-11-5-3-2-4-6-11/h3,5-6,8,11H,2,4,7,9H2,1H3;2-6,8,11H,7,9H2,1H3;3-10H,1-2H3;2-6,10,12H,7-9H2,1H3;2-8,10,12H,9H2,1H3;2-10H,1H3/b;4-2+;8-5+;;2*8-7+/t2*11-;;2*12-;/m00.00./s1. The summed E-state index contributed by atoms with van der Waals surface area (Å²) < 4.78 is 87.6. The Labute approximate surface area is 637 Å². The molecule has 4 atom stereocenters. The molecule has 23 nitrogen and oxygen atoms in total. The molecule has 0 aliphatic carbocycles. The fourth-order valence-electron chi connectivity index (χ4n) is 11.0. The molecule has 8 aromatic rings. The first kappa shape index (κ1) is 80.9. The lowest BCUT2D eigenvalue weighted by atomic mass is 10.0. The molecule has 0 saturated carbocycles. The quantitative estimate of drug-likeness (QED) is 0.0478. The van der Waals surface area contributed by atoms with E-state index in [1.165, 1.54) is 56.2 Å². The normalized spacial score (nSPS) is 17.0. The lowest BCUT2D eigenvalue weighted by molar-refractivity contribution is -0.146. The molecule has 6 aliphatic rings. The molecule has 0 saturated heterocycles. The van der Waals surface area contributed by atoms with Gasteiger partial charge in [-0.1, -0.05) is 140 Å². The number of hydrogen-bond donors (Lipinski definition) is 0. The topological polar surface area (TPSA) is 267 Å². The number of ether oxygens (including phenoxy) is 15. The summed E-state index contributed by atoms with van der Waals surface area (Å²) in [5.74, 6) is 7.02. The van der Waals surface area contributed by atoms with Crippen LogP contribution in [0.25, 0.3) is 36.5 Å². The average Bonchev–Trinajstić information content (AvgIpc) is 1.72. The molecule has 0 fully saturated rings. The third kappa shape index (κ3) is 27.3. The van der Waals surface area contributed by atoms with Crippen LogP contribution in [0.4, 0.5) is 0 Å². The van der Waals surface area contributed by atoms with Gasteiger partial charge in [0.1, 0.15) is 76.2 Å². The maximum absolute atomic E-state index is 11.4. The predicted molar refractivity (Wildman–Crippen MR) is 411 cm³/mol. The van der Waals surface area contributed by atoms with Crippen molar-refractivity contribution in [3.63, 3.8) is 0 Å². The molecule has 14 rings (SSSR count). The third-order valence-corrected chi connectivity index (χ3v) is 16.7. The number of rotatable bonds is 21. The van der Waals surface area contributed by atoms with E-state index >= 15 is 0 Å². The van der Waals surface area contributed by atoms with E-state index in [4.69, 9.17) is 79.9 Å². The summed E-state index contributed by atoms with van der Waals surface area (Å²) in [6.07, 6.45) is 25.3. The van der Waals surface area contributed by atoms with Gasteiger partial charge in [-0.25, -0.2) is 28.8 Å². The van der Waals surface area contributed by atoms with Crippen molar-refractivity contribution in [2.45, 2.75) is 75.8 Å². The molecule has 0 N–H and O–H groups in total. The van der Waals surface area contributed by atoms with E-state index in [-0.39, 0.29) is 61.9 Å². The minimum atomic E-state index is -0.436. The second-order valence-electron chi connectivity index (χ2n) is 24.4. The fraction of sp³-hybridized carbons (Fsp3) is 0.241. The van der Waals surface area contributed by atoms with Crippen molar-refractivity contribution in [3.8, 4) is 40.2 Å². The number of fused-ring (bicyclic) bond motifs is 2. The van der Waals surface area contributed by atoms with E-state index in [0.717, 1.165) is 82.2 Å². The summed E-state index contributed by atoms with van der Waals surface area (Å²) in [6.45, 7) is 0.533. The second-order valence-corrected chi connectivity index (χ2v) is 24.4. The molecule has 0 spiro atoms. The first-order valence-corrected chi connectivity index (χ1v) is 35.0. The number of aryl methyl sites for hydroxylation is 2. The van der Waals surface area contributed by atoms with Crippen LogP contribution in [-0.4, -0.2) is 112 Å². The molecule has 6 aliphatic heterocycles. The van der Waals surface area contributed by atoms with E-state index in [9.17, 15) is 28.8 Å². The van der Waals surface area contributed by atoms with Gasteiger partial charge in [0.2, 0.25) is 13.6 Å². The first-order valence-electron chi connectivity index (χ1n) is 35.0. The number of carbonyl (C=O) groups is 4. The van der Waals surface area contributed by atoms with Crippen molar-refractivity contribution in [3.05, 3.63) is 301 Å².